The van der Waals surface area contributed by atoms with E-state index in [1.807, 2.05) is 19.1 Å². The van der Waals surface area contributed by atoms with Gasteiger partial charge in [-0.05, 0) is 67.6 Å². The Labute approximate surface area is 178 Å². The molecule has 3 rings (SSSR count). The molecule has 0 aliphatic rings. The molecule has 150 valence electrons. The molecule has 6 nitrogen and oxygen atoms in total. The number of benzene rings is 3. The van der Waals surface area contributed by atoms with Crippen molar-refractivity contribution in [1.29, 1.82) is 0 Å². The Morgan fingerprint density at radius 3 is 2.10 bits per heavy atom. The maximum Gasteiger partial charge on any atom is 0.262 e. The number of carbonyl (C=O) groups is 1. The molecule has 29 heavy (non-hydrogen) atoms. The lowest BCUT2D eigenvalue weighted by molar-refractivity contribution is -0.118. The third-order valence-electron chi connectivity index (χ3n) is 3.94. The van der Waals surface area contributed by atoms with Crippen LogP contribution in [-0.2, 0) is 14.8 Å². The minimum atomic E-state index is -3.67. The molecule has 0 unspecified atom stereocenters. The Morgan fingerprint density at radius 1 is 0.897 bits per heavy atom. The van der Waals surface area contributed by atoms with Gasteiger partial charge in [0, 0.05) is 15.8 Å². The second-order valence-corrected chi connectivity index (χ2v) is 8.88. The molecular formula is C21H19BrN2O4S. The van der Waals surface area contributed by atoms with E-state index in [0.29, 0.717) is 17.1 Å². The van der Waals surface area contributed by atoms with Crippen molar-refractivity contribution in [2.75, 3.05) is 16.6 Å². The summed E-state index contributed by atoms with van der Waals surface area (Å²) < 4.78 is 33.7. The summed E-state index contributed by atoms with van der Waals surface area (Å²) >= 11 is 3.33. The van der Waals surface area contributed by atoms with E-state index < -0.39 is 10.0 Å². The molecule has 0 radical (unpaired) electrons. The highest BCUT2D eigenvalue weighted by Crippen LogP contribution is 2.19. The zero-order valence-electron chi connectivity index (χ0n) is 15.6. The number of ether oxygens (including phenoxy) is 1. The summed E-state index contributed by atoms with van der Waals surface area (Å²) in [4.78, 5) is 12.2. The Balaban J connectivity index is 1.56. The first-order valence-corrected chi connectivity index (χ1v) is 11.0. The fourth-order valence-electron chi connectivity index (χ4n) is 2.43. The quantitative estimate of drug-likeness (QED) is 0.524. The number of hydrogen-bond acceptors (Lipinski definition) is 4. The summed E-state index contributed by atoms with van der Waals surface area (Å²) in [6, 6.07) is 20.1. The van der Waals surface area contributed by atoms with Gasteiger partial charge in [0.05, 0.1) is 4.90 Å². The van der Waals surface area contributed by atoms with E-state index in [2.05, 4.69) is 26.0 Å². The average molecular weight is 475 g/mol. The molecule has 0 saturated heterocycles. The summed E-state index contributed by atoms with van der Waals surface area (Å²) in [5.74, 6) is 0.269. The number of carbonyl (C=O) groups excluding carboxylic acids is 1. The number of amides is 1. The number of anilines is 2. The van der Waals surface area contributed by atoms with E-state index in [9.17, 15) is 13.2 Å². The van der Waals surface area contributed by atoms with Gasteiger partial charge >= 0.3 is 0 Å². The number of sulfonamides is 1. The van der Waals surface area contributed by atoms with Crippen molar-refractivity contribution in [2.24, 2.45) is 0 Å². The predicted octanol–water partition coefficient (Wildman–Crippen LogP) is 4.58. The maximum atomic E-state index is 12.4. The Kier molecular flexibility index (Phi) is 6.56. The molecule has 0 atom stereocenters. The van der Waals surface area contributed by atoms with E-state index in [-0.39, 0.29) is 17.4 Å². The molecule has 0 fully saturated rings. The summed E-state index contributed by atoms with van der Waals surface area (Å²) in [5.41, 5.74) is 1.91. The molecular weight excluding hydrogens is 456 g/mol. The largest absolute Gasteiger partial charge is 0.484 e. The Bertz CT molecular complexity index is 1080. The second-order valence-electron chi connectivity index (χ2n) is 6.29. The molecule has 0 heterocycles. The lowest BCUT2D eigenvalue weighted by Crippen LogP contribution is -2.20. The van der Waals surface area contributed by atoms with Crippen LogP contribution in [0.2, 0.25) is 0 Å². The standard InChI is InChI=1S/C21H19BrN2O4S/c1-15-2-12-20(13-3-15)29(26,27)24-18-8-6-17(7-9-18)23-21(25)14-28-19-10-4-16(22)5-11-19/h2-13,24H,14H2,1H3,(H,23,25). The molecule has 0 aromatic heterocycles. The highest BCUT2D eigenvalue weighted by molar-refractivity contribution is 9.10. The van der Waals surface area contributed by atoms with Crippen LogP contribution in [0.3, 0.4) is 0 Å². The minimum absolute atomic E-state index is 0.135. The van der Waals surface area contributed by atoms with Crippen LogP contribution in [0, 0.1) is 6.92 Å². The van der Waals surface area contributed by atoms with Gasteiger partial charge in [0.2, 0.25) is 0 Å². The maximum absolute atomic E-state index is 12.4. The first-order chi connectivity index (χ1) is 13.8. The van der Waals surface area contributed by atoms with E-state index in [0.717, 1.165) is 10.0 Å². The monoisotopic (exact) mass is 474 g/mol. The molecule has 2 N–H and O–H groups in total. The van der Waals surface area contributed by atoms with Crippen molar-refractivity contribution in [3.05, 3.63) is 82.8 Å². The first-order valence-electron chi connectivity index (χ1n) is 8.70. The topological polar surface area (TPSA) is 84.5 Å². The lowest BCUT2D eigenvalue weighted by atomic mass is 10.2. The lowest BCUT2D eigenvalue weighted by Gasteiger charge is -2.10. The number of halogens is 1. The van der Waals surface area contributed by atoms with Crippen LogP contribution in [0.1, 0.15) is 5.56 Å². The van der Waals surface area contributed by atoms with Crippen LogP contribution in [0.4, 0.5) is 11.4 Å². The van der Waals surface area contributed by atoms with Crippen molar-refractivity contribution >= 4 is 43.2 Å². The highest BCUT2D eigenvalue weighted by Gasteiger charge is 2.14. The van der Waals surface area contributed by atoms with Gasteiger partial charge in [0.15, 0.2) is 6.61 Å². The molecule has 0 aliphatic carbocycles. The summed E-state index contributed by atoms with van der Waals surface area (Å²) in [7, 11) is -3.67. The molecule has 1 amide bonds. The molecule has 0 bridgehead atoms. The van der Waals surface area contributed by atoms with Crippen molar-refractivity contribution < 1.29 is 17.9 Å². The second kappa shape index (κ2) is 9.11. The van der Waals surface area contributed by atoms with Gasteiger partial charge in [-0.2, -0.15) is 0 Å². The van der Waals surface area contributed by atoms with Crippen LogP contribution in [0.25, 0.3) is 0 Å². The van der Waals surface area contributed by atoms with Crippen molar-refractivity contribution in [2.45, 2.75) is 11.8 Å². The van der Waals surface area contributed by atoms with Crippen LogP contribution in [0.15, 0.2) is 82.2 Å². The predicted molar refractivity (Wildman–Crippen MR) is 117 cm³/mol. The van der Waals surface area contributed by atoms with Gasteiger partial charge < -0.3 is 10.1 Å². The van der Waals surface area contributed by atoms with E-state index in [1.54, 1.807) is 60.7 Å². The van der Waals surface area contributed by atoms with Crippen LogP contribution in [0.5, 0.6) is 5.75 Å². The van der Waals surface area contributed by atoms with Crippen molar-refractivity contribution in [3.8, 4) is 5.75 Å². The van der Waals surface area contributed by atoms with E-state index in [1.165, 1.54) is 0 Å². The third-order valence-corrected chi connectivity index (χ3v) is 5.86. The average Bonchev–Trinajstić information content (AvgIpc) is 2.69. The number of hydrogen-bond donors (Lipinski definition) is 2. The first kappa shape index (κ1) is 20.9. The van der Waals surface area contributed by atoms with Crippen LogP contribution in [-0.4, -0.2) is 20.9 Å². The summed E-state index contributed by atoms with van der Waals surface area (Å²) in [5, 5.41) is 2.70. The van der Waals surface area contributed by atoms with Gasteiger partial charge in [-0.15, -0.1) is 0 Å². The SMILES string of the molecule is Cc1ccc(S(=O)(=O)Nc2ccc(NC(=O)COc3ccc(Br)cc3)cc2)cc1. The molecule has 0 saturated carbocycles. The highest BCUT2D eigenvalue weighted by atomic mass is 79.9. The van der Waals surface area contributed by atoms with Crippen LogP contribution < -0.4 is 14.8 Å². The zero-order valence-corrected chi connectivity index (χ0v) is 18.0. The van der Waals surface area contributed by atoms with Crippen LogP contribution >= 0.6 is 15.9 Å². The number of rotatable bonds is 7. The summed E-state index contributed by atoms with van der Waals surface area (Å²) in [6.07, 6.45) is 0. The molecule has 0 aliphatic heterocycles. The van der Waals surface area contributed by atoms with E-state index >= 15 is 0 Å². The minimum Gasteiger partial charge on any atom is -0.484 e. The van der Waals surface area contributed by atoms with E-state index in [4.69, 9.17) is 4.74 Å². The fourth-order valence-corrected chi connectivity index (χ4v) is 3.75. The smallest absolute Gasteiger partial charge is 0.262 e. The van der Waals surface area contributed by atoms with Gasteiger partial charge in [-0.25, -0.2) is 8.42 Å². The van der Waals surface area contributed by atoms with Crippen molar-refractivity contribution in [1.82, 2.24) is 0 Å². The van der Waals surface area contributed by atoms with Gasteiger partial charge in [-0.3, -0.25) is 9.52 Å². The molecule has 0 spiro atoms. The number of aryl methyl sites for hydroxylation is 1. The Morgan fingerprint density at radius 2 is 1.48 bits per heavy atom. The Hall–Kier alpha value is -2.84. The molecule has 3 aromatic rings. The van der Waals surface area contributed by atoms with Gasteiger partial charge in [0.25, 0.3) is 15.9 Å². The normalized spacial score (nSPS) is 11.0. The molecule has 3 aromatic carbocycles. The summed E-state index contributed by atoms with van der Waals surface area (Å²) in [6.45, 7) is 1.75. The third kappa shape index (κ3) is 6.07. The van der Waals surface area contributed by atoms with Crippen molar-refractivity contribution in [3.63, 3.8) is 0 Å². The zero-order chi connectivity index (χ0) is 20.9. The van der Waals surface area contributed by atoms with Gasteiger partial charge in [-0.1, -0.05) is 33.6 Å². The molecule has 8 heteroatoms. The number of nitrogens with one attached hydrogen (secondary N) is 2. The fraction of sp³-hybridized carbons (Fsp3) is 0.0952. The van der Waals surface area contributed by atoms with Gasteiger partial charge in [0.1, 0.15) is 5.75 Å².